The third-order valence-corrected chi connectivity index (χ3v) is 4.15. The van der Waals surface area contributed by atoms with Gasteiger partial charge in [-0.1, -0.05) is 67.6 Å². The Morgan fingerprint density at radius 3 is 2.04 bits per heavy atom. The van der Waals surface area contributed by atoms with Crippen molar-refractivity contribution in [1.29, 1.82) is 0 Å². The van der Waals surface area contributed by atoms with Gasteiger partial charge in [0.1, 0.15) is 0 Å². The quantitative estimate of drug-likeness (QED) is 0.765. The highest BCUT2D eigenvalue weighted by atomic mass is 16.5. The van der Waals surface area contributed by atoms with Crippen molar-refractivity contribution in [3.05, 3.63) is 77.4 Å². The van der Waals surface area contributed by atoms with Gasteiger partial charge in [0.2, 0.25) is 0 Å². The first-order valence-corrected chi connectivity index (χ1v) is 8.13. The number of carbonyl (C=O) groups is 2. The number of rotatable bonds is 7. The van der Waals surface area contributed by atoms with Crippen molar-refractivity contribution in [2.24, 2.45) is 0 Å². The molecule has 25 heavy (non-hydrogen) atoms. The van der Waals surface area contributed by atoms with Crippen LogP contribution in [0, 0.1) is 0 Å². The summed E-state index contributed by atoms with van der Waals surface area (Å²) in [6.07, 6.45) is -0.235. The predicted octanol–water partition coefficient (Wildman–Crippen LogP) is 4.28. The number of hydrogen-bond donors (Lipinski definition) is 1. The molecule has 4 nitrogen and oxygen atoms in total. The molecule has 0 bridgehead atoms. The van der Waals surface area contributed by atoms with Crippen LogP contribution in [-0.4, -0.2) is 24.2 Å². The summed E-state index contributed by atoms with van der Waals surface area (Å²) in [7, 11) is 1.31. The Hall–Kier alpha value is -2.88. The maximum atomic E-state index is 11.8. The van der Waals surface area contributed by atoms with Crippen LogP contribution in [0.25, 0.3) is 5.57 Å². The third-order valence-electron chi connectivity index (χ3n) is 4.15. The van der Waals surface area contributed by atoms with Crippen LogP contribution >= 0.6 is 0 Å². The SMILES string of the molecule is COC(=O)CC(CC(=O)O)=C(c1ccccc1)C(C)c1ccccc1. The molecule has 0 spiro atoms. The summed E-state index contributed by atoms with van der Waals surface area (Å²) in [5.41, 5.74) is 3.41. The first-order valence-electron chi connectivity index (χ1n) is 8.13. The predicted molar refractivity (Wildman–Crippen MR) is 97.1 cm³/mol. The van der Waals surface area contributed by atoms with Crippen LogP contribution in [0.3, 0.4) is 0 Å². The zero-order chi connectivity index (χ0) is 18.2. The molecule has 0 fully saturated rings. The van der Waals surface area contributed by atoms with Gasteiger partial charge in [0.05, 0.1) is 20.0 Å². The molecule has 1 atom stereocenters. The summed E-state index contributed by atoms with van der Waals surface area (Å²) < 4.78 is 4.77. The van der Waals surface area contributed by atoms with Crippen LogP contribution in [0.5, 0.6) is 0 Å². The number of carbonyl (C=O) groups excluding carboxylic acids is 1. The monoisotopic (exact) mass is 338 g/mol. The Labute approximate surface area is 147 Å². The summed E-state index contributed by atoms with van der Waals surface area (Å²) in [5.74, 6) is -1.46. The van der Waals surface area contributed by atoms with Gasteiger partial charge < -0.3 is 9.84 Å². The Bertz CT molecular complexity index is 748. The van der Waals surface area contributed by atoms with Crippen LogP contribution in [0.2, 0.25) is 0 Å². The van der Waals surface area contributed by atoms with E-state index in [1.54, 1.807) is 0 Å². The van der Waals surface area contributed by atoms with Gasteiger partial charge in [0.15, 0.2) is 0 Å². The lowest BCUT2D eigenvalue weighted by atomic mass is 9.83. The van der Waals surface area contributed by atoms with E-state index >= 15 is 0 Å². The fourth-order valence-corrected chi connectivity index (χ4v) is 2.97. The van der Waals surface area contributed by atoms with Crippen molar-refractivity contribution in [2.75, 3.05) is 7.11 Å². The van der Waals surface area contributed by atoms with E-state index in [1.165, 1.54) is 7.11 Å². The number of benzene rings is 2. The molecule has 4 heteroatoms. The van der Waals surface area contributed by atoms with Crippen LogP contribution in [0.1, 0.15) is 36.8 Å². The molecule has 0 radical (unpaired) electrons. The summed E-state index contributed by atoms with van der Waals surface area (Å²) in [6, 6.07) is 19.4. The maximum Gasteiger partial charge on any atom is 0.309 e. The number of hydrogen-bond acceptors (Lipinski definition) is 3. The number of esters is 1. The Kier molecular flexibility index (Phi) is 6.52. The summed E-state index contributed by atoms with van der Waals surface area (Å²) >= 11 is 0. The standard InChI is InChI=1S/C21H22O4/c1-15(16-9-5-3-6-10-16)21(17-11-7-4-8-12-17)18(13-19(22)23)14-20(24)25-2/h3-12,15H,13-14H2,1-2H3,(H,22,23). The van der Waals surface area contributed by atoms with Gasteiger partial charge in [-0.15, -0.1) is 0 Å². The largest absolute Gasteiger partial charge is 0.481 e. The molecule has 0 heterocycles. The first-order chi connectivity index (χ1) is 12.0. The van der Waals surface area contributed by atoms with Gasteiger partial charge in [-0.2, -0.15) is 0 Å². The lowest BCUT2D eigenvalue weighted by Gasteiger charge is -2.21. The molecule has 0 aliphatic rings. The van der Waals surface area contributed by atoms with Crippen molar-refractivity contribution in [1.82, 2.24) is 0 Å². The van der Waals surface area contributed by atoms with E-state index < -0.39 is 11.9 Å². The lowest BCUT2D eigenvalue weighted by molar-refractivity contribution is -0.139. The van der Waals surface area contributed by atoms with Crippen LogP contribution in [0.15, 0.2) is 66.2 Å². The number of allylic oxidation sites excluding steroid dienone is 1. The van der Waals surface area contributed by atoms with E-state index in [1.807, 2.05) is 67.6 Å². The molecule has 1 unspecified atom stereocenters. The van der Waals surface area contributed by atoms with Crippen molar-refractivity contribution in [3.8, 4) is 0 Å². The van der Waals surface area contributed by atoms with E-state index in [4.69, 9.17) is 4.74 Å². The van der Waals surface area contributed by atoms with Gasteiger partial charge in [-0.05, 0) is 22.3 Å². The van der Waals surface area contributed by atoms with E-state index in [2.05, 4.69) is 0 Å². The van der Waals surface area contributed by atoms with E-state index in [0.717, 1.165) is 16.7 Å². The molecule has 2 aromatic rings. The van der Waals surface area contributed by atoms with Gasteiger partial charge >= 0.3 is 11.9 Å². The second-order valence-electron chi connectivity index (χ2n) is 5.84. The summed E-state index contributed by atoms with van der Waals surface area (Å²) in [6.45, 7) is 2.02. The van der Waals surface area contributed by atoms with Crippen molar-refractivity contribution in [3.63, 3.8) is 0 Å². The van der Waals surface area contributed by atoms with Gasteiger partial charge in [0.25, 0.3) is 0 Å². The van der Waals surface area contributed by atoms with Crippen molar-refractivity contribution in [2.45, 2.75) is 25.7 Å². The Morgan fingerprint density at radius 1 is 0.960 bits per heavy atom. The number of aliphatic carboxylic acids is 1. The Morgan fingerprint density at radius 2 is 1.52 bits per heavy atom. The molecule has 2 aromatic carbocycles. The topological polar surface area (TPSA) is 63.6 Å². The molecule has 2 rings (SSSR count). The average Bonchev–Trinajstić information content (AvgIpc) is 2.62. The molecule has 0 aromatic heterocycles. The number of ether oxygens (including phenoxy) is 1. The molecule has 0 aliphatic carbocycles. The van der Waals surface area contributed by atoms with Crippen molar-refractivity contribution < 1.29 is 19.4 Å². The highest BCUT2D eigenvalue weighted by molar-refractivity contribution is 5.85. The van der Waals surface area contributed by atoms with E-state index in [9.17, 15) is 14.7 Å². The minimum Gasteiger partial charge on any atom is -0.481 e. The zero-order valence-corrected chi connectivity index (χ0v) is 14.4. The van der Waals surface area contributed by atoms with Crippen LogP contribution in [-0.2, 0) is 14.3 Å². The van der Waals surface area contributed by atoms with Gasteiger partial charge in [0, 0.05) is 5.92 Å². The van der Waals surface area contributed by atoms with Crippen LogP contribution < -0.4 is 0 Å². The lowest BCUT2D eigenvalue weighted by Crippen LogP contribution is -2.10. The first kappa shape index (κ1) is 18.5. The Balaban J connectivity index is 2.60. The number of methoxy groups -OCH3 is 1. The second kappa shape index (κ2) is 8.83. The molecule has 0 saturated carbocycles. The molecule has 130 valence electrons. The normalized spacial score (nSPS) is 12.9. The van der Waals surface area contributed by atoms with Crippen molar-refractivity contribution >= 4 is 17.5 Å². The van der Waals surface area contributed by atoms with Crippen LogP contribution in [0.4, 0.5) is 0 Å². The molecule has 0 amide bonds. The second-order valence-corrected chi connectivity index (χ2v) is 5.84. The minimum absolute atomic E-state index is 0.0375. The fourth-order valence-electron chi connectivity index (χ4n) is 2.97. The molecule has 0 aliphatic heterocycles. The zero-order valence-electron chi connectivity index (χ0n) is 14.4. The molecule has 1 N–H and O–H groups in total. The number of carboxylic acids is 1. The van der Waals surface area contributed by atoms with Gasteiger partial charge in [-0.25, -0.2) is 0 Å². The minimum atomic E-state index is -0.965. The van der Waals surface area contributed by atoms with Gasteiger partial charge in [-0.3, -0.25) is 9.59 Å². The average molecular weight is 338 g/mol. The van der Waals surface area contributed by atoms with E-state index in [0.29, 0.717) is 5.57 Å². The third kappa shape index (κ3) is 5.05. The van der Waals surface area contributed by atoms with E-state index in [-0.39, 0.29) is 18.8 Å². The summed E-state index contributed by atoms with van der Waals surface area (Å²) in [5, 5.41) is 9.33. The molecule has 0 saturated heterocycles. The highest BCUT2D eigenvalue weighted by Crippen LogP contribution is 2.36. The molecular weight excluding hydrogens is 316 g/mol. The molecular formula is C21H22O4. The number of carboxylic acid groups (broad SMARTS) is 1. The smallest absolute Gasteiger partial charge is 0.309 e. The highest BCUT2D eigenvalue weighted by Gasteiger charge is 2.21. The maximum absolute atomic E-state index is 11.8. The fraction of sp³-hybridized carbons (Fsp3) is 0.238. The summed E-state index contributed by atoms with van der Waals surface area (Å²) in [4.78, 5) is 23.2.